The molecule has 2 amide bonds. The van der Waals surface area contributed by atoms with E-state index in [-0.39, 0.29) is 44.1 Å². The van der Waals surface area contributed by atoms with Crippen LogP contribution < -0.4 is 14.2 Å². The van der Waals surface area contributed by atoms with Crippen molar-refractivity contribution in [1.82, 2.24) is 9.80 Å². The van der Waals surface area contributed by atoms with Crippen LogP contribution in [0.25, 0.3) is 0 Å². The minimum absolute atomic E-state index is 0.111. The van der Waals surface area contributed by atoms with Gasteiger partial charge in [-0.1, -0.05) is 18.2 Å². The van der Waals surface area contributed by atoms with Crippen LogP contribution in [0, 0.1) is 0 Å². The standard InChI is InChI=1S/C24H27F3N2O5/c1-32-19-10-8-16(21(33-2)22(19)34-3)9-11-20(30)28-12-14-29(15-13-28)23(31)17-6-4-5-7-18(17)24(25,26)27/h4-8,10H,9,11-15H2,1-3H3. The smallest absolute Gasteiger partial charge is 0.417 e. The van der Waals surface area contributed by atoms with Crippen LogP contribution >= 0.6 is 0 Å². The molecule has 0 atom stereocenters. The molecule has 10 heteroatoms. The first-order valence-electron chi connectivity index (χ1n) is 10.7. The summed E-state index contributed by atoms with van der Waals surface area (Å²) in [6, 6.07) is 8.29. The number of carbonyl (C=O) groups is 2. The molecule has 3 rings (SSSR count). The third-order valence-electron chi connectivity index (χ3n) is 5.78. The highest BCUT2D eigenvalue weighted by molar-refractivity contribution is 5.96. The van der Waals surface area contributed by atoms with Crippen molar-refractivity contribution < 1.29 is 37.0 Å². The van der Waals surface area contributed by atoms with Crippen LogP contribution in [0.3, 0.4) is 0 Å². The topological polar surface area (TPSA) is 68.3 Å². The number of halogens is 3. The minimum atomic E-state index is -4.62. The van der Waals surface area contributed by atoms with Crippen LogP contribution in [0.4, 0.5) is 13.2 Å². The summed E-state index contributed by atoms with van der Waals surface area (Å²) in [5.74, 6) is 0.659. The molecule has 2 aromatic carbocycles. The summed E-state index contributed by atoms with van der Waals surface area (Å²) in [4.78, 5) is 28.5. The van der Waals surface area contributed by atoms with E-state index in [0.29, 0.717) is 23.7 Å². The number of methoxy groups -OCH3 is 3. The van der Waals surface area contributed by atoms with Gasteiger partial charge in [-0.25, -0.2) is 0 Å². The van der Waals surface area contributed by atoms with E-state index < -0.39 is 17.6 Å². The summed E-state index contributed by atoms with van der Waals surface area (Å²) in [5, 5.41) is 0. The molecule has 184 valence electrons. The monoisotopic (exact) mass is 480 g/mol. The predicted molar refractivity (Wildman–Crippen MR) is 118 cm³/mol. The van der Waals surface area contributed by atoms with E-state index in [4.69, 9.17) is 14.2 Å². The van der Waals surface area contributed by atoms with Crippen LogP contribution in [0.5, 0.6) is 17.2 Å². The first kappa shape index (κ1) is 25.2. The van der Waals surface area contributed by atoms with Gasteiger partial charge in [0.15, 0.2) is 11.5 Å². The molecule has 0 aromatic heterocycles. The SMILES string of the molecule is COc1ccc(CCC(=O)N2CCN(C(=O)c3ccccc3C(F)(F)F)CC2)c(OC)c1OC. The first-order chi connectivity index (χ1) is 16.2. The molecule has 0 N–H and O–H groups in total. The average molecular weight is 480 g/mol. The number of hydrogen-bond donors (Lipinski definition) is 0. The number of aryl methyl sites for hydroxylation is 1. The normalized spacial score (nSPS) is 14.1. The zero-order valence-corrected chi connectivity index (χ0v) is 19.3. The third-order valence-corrected chi connectivity index (χ3v) is 5.78. The van der Waals surface area contributed by atoms with Gasteiger partial charge in [0, 0.05) is 32.6 Å². The number of carbonyl (C=O) groups excluding carboxylic acids is 2. The summed E-state index contributed by atoms with van der Waals surface area (Å²) in [5.41, 5.74) is -0.552. The van der Waals surface area contributed by atoms with Gasteiger partial charge in [-0.2, -0.15) is 13.2 Å². The van der Waals surface area contributed by atoms with Crippen molar-refractivity contribution in [3.8, 4) is 17.2 Å². The quantitative estimate of drug-likeness (QED) is 0.605. The van der Waals surface area contributed by atoms with Crippen LogP contribution in [-0.4, -0.2) is 69.1 Å². The Bertz CT molecular complexity index is 1030. The van der Waals surface area contributed by atoms with Crippen molar-refractivity contribution in [3.05, 3.63) is 53.1 Å². The Labute approximate surface area is 196 Å². The van der Waals surface area contributed by atoms with E-state index in [1.54, 1.807) is 11.0 Å². The van der Waals surface area contributed by atoms with Crippen LogP contribution in [0.1, 0.15) is 27.9 Å². The van der Waals surface area contributed by atoms with Gasteiger partial charge in [0.25, 0.3) is 5.91 Å². The molecule has 7 nitrogen and oxygen atoms in total. The lowest BCUT2D eigenvalue weighted by molar-refractivity contribution is -0.138. The molecule has 1 heterocycles. The zero-order valence-electron chi connectivity index (χ0n) is 19.3. The maximum Gasteiger partial charge on any atom is 0.417 e. The number of nitrogens with zero attached hydrogens (tertiary/aromatic N) is 2. The molecular formula is C24H27F3N2O5. The number of rotatable bonds is 7. The van der Waals surface area contributed by atoms with Crippen molar-refractivity contribution in [1.29, 1.82) is 0 Å². The first-order valence-corrected chi connectivity index (χ1v) is 10.7. The van der Waals surface area contributed by atoms with E-state index in [1.807, 2.05) is 6.07 Å². The van der Waals surface area contributed by atoms with E-state index in [2.05, 4.69) is 0 Å². The highest BCUT2D eigenvalue weighted by Crippen LogP contribution is 2.40. The number of amides is 2. The Morgan fingerprint density at radius 2 is 1.47 bits per heavy atom. The molecule has 0 saturated carbocycles. The Morgan fingerprint density at radius 3 is 2.06 bits per heavy atom. The molecule has 0 aliphatic carbocycles. The minimum Gasteiger partial charge on any atom is -0.493 e. The fraction of sp³-hybridized carbons (Fsp3) is 0.417. The van der Waals surface area contributed by atoms with Crippen molar-refractivity contribution in [2.75, 3.05) is 47.5 Å². The summed E-state index contributed by atoms with van der Waals surface area (Å²) < 4.78 is 55.9. The Balaban J connectivity index is 1.61. The fourth-order valence-corrected chi connectivity index (χ4v) is 4.01. The van der Waals surface area contributed by atoms with Gasteiger partial charge in [-0.3, -0.25) is 9.59 Å². The van der Waals surface area contributed by atoms with Crippen molar-refractivity contribution >= 4 is 11.8 Å². The average Bonchev–Trinajstić information content (AvgIpc) is 2.85. The highest BCUT2D eigenvalue weighted by Gasteiger charge is 2.36. The van der Waals surface area contributed by atoms with E-state index in [0.717, 1.165) is 11.6 Å². The van der Waals surface area contributed by atoms with Gasteiger partial charge in [-0.15, -0.1) is 0 Å². The second-order valence-corrected chi connectivity index (χ2v) is 7.71. The molecule has 1 aliphatic rings. The molecular weight excluding hydrogens is 453 g/mol. The van der Waals surface area contributed by atoms with Crippen molar-refractivity contribution in [2.24, 2.45) is 0 Å². The maximum atomic E-state index is 13.3. The summed E-state index contributed by atoms with van der Waals surface area (Å²) in [6.45, 7) is 0.830. The van der Waals surface area contributed by atoms with E-state index >= 15 is 0 Å². The number of alkyl halides is 3. The lowest BCUT2D eigenvalue weighted by Crippen LogP contribution is -2.50. The van der Waals surface area contributed by atoms with Gasteiger partial charge >= 0.3 is 6.18 Å². The van der Waals surface area contributed by atoms with Gasteiger partial charge < -0.3 is 24.0 Å². The Hall–Kier alpha value is -3.43. The summed E-state index contributed by atoms with van der Waals surface area (Å²) in [6.07, 6.45) is -4.01. The molecule has 1 fully saturated rings. The molecule has 1 aliphatic heterocycles. The van der Waals surface area contributed by atoms with Gasteiger partial charge in [0.1, 0.15) is 0 Å². The second-order valence-electron chi connectivity index (χ2n) is 7.71. The van der Waals surface area contributed by atoms with Crippen molar-refractivity contribution in [3.63, 3.8) is 0 Å². The maximum absolute atomic E-state index is 13.3. The molecule has 0 radical (unpaired) electrons. The van der Waals surface area contributed by atoms with Crippen LogP contribution in [0.2, 0.25) is 0 Å². The number of ether oxygens (including phenoxy) is 3. The second kappa shape index (κ2) is 10.7. The van der Waals surface area contributed by atoms with Crippen molar-refractivity contribution in [2.45, 2.75) is 19.0 Å². The van der Waals surface area contributed by atoms with Gasteiger partial charge in [-0.05, 0) is 30.2 Å². The van der Waals surface area contributed by atoms with E-state index in [1.165, 1.54) is 44.4 Å². The number of benzene rings is 2. The molecule has 0 unspecified atom stereocenters. The predicted octanol–water partition coefficient (Wildman–Crippen LogP) is 3.65. The largest absolute Gasteiger partial charge is 0.493 e. The Morgan fingerprint density at radius 1 is 0.853 bits per heavy atom. The molecule has 0 bridgehead atoms. The van der Waals surface area contributed by atoms with Gasteiger partial charge in [0.05, 0.1) is 32.5 Å². The molecule has 34 heavy (non-hydrogen) atoms. The molecule has 0 spiro atoms. The molecule has 1 saturated heterocycles. The zero-order chi connectivity index (χ0) is 24.9. The van der Waals surface area contributed by atoms with E-state index in [9.17, 15) is 22.8 Å². The van der Waals surface area contributed by atoms with Gasteiger partial charge in [0.2, 0.25) is 11.7 Å². The fourth-order valence-electron chi connectivity index (χ4n) is 4.01. The molecule has 2 aromatic rings. The number of piperazine rings is 1. The Kier molecular flexibility index (Phi) is 7.90. The number of hydrogen-bond acceptors (Lipinski definition) is 5. The van der Waals surface area contributed by atoms with Crippen LogP contribution in [-0.2, 0) is 17.4 Å². The highest BCUT2D eigenvalue weighted by atomic mass is 19.4. The van der Waals surface area contributed by atoms with Crippen LogP contribution in [0.15, 0.2) is 36.4 Å². The summed E-state index contributed by atoms with van der Waals surface area (Å²) in [7, 11) is 4.53. The summed E-state index contributed by atoms with van der Waals surface area (Å²) >= 11 is 0. The third kappa shape index (κ3) is 5.37. The lowest BCUT2D eigenvalue weighted by Gasteiger charge is -2.35. The lowest BCUT2D eigenvalue weighted by atomic mass is 10.0.